The standard InChI is InChI=1S/C33H42O12/c1-15(2)24(36)44-27-29(4,5)22(21(25(37)40-8)42-16(3)34)31(7)18-9-11-30(6)19(33(18)28(45-33)32(27,39)26(31)38)13-20(35)43-23(30)17-10-12-41-14-17/h10,12,14-15,18-19,21-23,27-28,39H,9,11,13H2,1-8H3/t18-,19-,21-,22+,23+,27+,28-,30-,31-,32+,33-/m1/s1. The van der Waals surface area contributed by atoms with Gasteiger partial charge in [-0.05, 0) is 18.9 Å². The number of aliphatic hydroxyl groups is 1. The number of Topliss-reactive ketones (excluding diaryl/α,β-unsaturated/α-hetero) is 1. The molecule has 2 bridgehead atoms. The SMILES string of the molecule is COC(=O)[C@H](OC(C)=O)[C@H]1C(C)(C)[C@H](OC(=O)C(C)C)[C@@]2(O)C(=O)[C@]1(C)[C@H]1CC[C@]3(C)[C@@H](CC(=O)O[C@H]3c3ccoc3)[C@]13O[C@H]23. The molecular weight excluding hydrogens is 588 g/mol. The molecule has 0 radical (unpaired) electrons. The van der Waals surface area contributed by atoms with Crippen LogP contribution in [0.5, 0.6) is 0 Å². The summed E-state index contributed by atoms with van der Waals surface area (Å²) in [7, 11) is 1.16. The summed E-state index contributed by atoms with van der Waals surface area (Å²) in [6.45, 7) is 11.5. The van der Waals surface area contributed by atoms with Crippen LogP contribution in [0.2, 0.25) is 0 Å². The van der Waals surface area contributed by atoms with E-state index in [4.69, 9.17) is 28.1 Å². The third-order valence-corrected chi connectivity index (χ3v) is 11.8. The van der Waals surface area contributed by atoms with Crippen molar-refractivity contribution in [2.24, 2.45) is 39.9 Å². The molecule has 3 heterocycles. The fraction of sp³-hybridized carbons (Fsp3) is 0.727. The molecule has 1 aromatic rings. The molecule has 2 saturated heterocycles. The van der Waals surface area contributed by atoms with E-state index >= 15 is 0 Å². The van der Waals surface area contributed by atoms with Crippen molar-refractivity contribution >= 4 is 29.7 Å². The third-order valence-electron chi connectivity index (χ3n) is 11.8. The van der Waals surface area contributed by atoms with Crippen molar-refractivity contribution in [1.82, 2.24) is 0 Å². The van der Waals surface area contributed by atoms with Gasteiger partial charge in [0.25, 0.3) is 0 Å². The maximum atomic E-state index is 14.9. The molecule has 246 valence electrons. The van der Waals surface area contributed by atoms with E-state index in [1.165, 1.54) is 12.5 Å². The van der Waals surface area contributed by atoms with Crippen LogP contribution in [0.4, 0.5) is 0 Å². The summed E-state index contributed by atoms with van der Waals surface area (Å²) in [6, 6.07) is 1.74. The molecule has 0 aromatic carbocycles. The van der Waals surface area contributed by atoms with Crippen LogP contribution in [0, 0.1) is 39.9 Å². The Bertz CT molecular complexity index is 1450. The number of furan rings is 1. The Kier molecular flexibility index (Phi) is 6.96. The van der Waals surface area contributed by atoms with E-state index < -0.39 is 105 Å². The second-order valence-electron chi connectivity index (χ2n) is 14.9. The minimum Gasteiger partial charge on any atom is -0.472 e. The zero-order valence-corrected chi connectivity index (χ0v) is 26.9. The summed E-state index contributed by atoms with van der Waals surface area (Å²) < 4.78 is 34.6. The van der Waals surface area contributed by atoms with Crippen molar-refractivity contribution in [1.29, 1.82) is 0 Å². The Balaban J connectivity index is 1.58. The van der Waals surface area contributed by atoms with Crippen molar-refractivity contribution in [2.75, 3.05) is 7.11 Å². The molecule has 1 spiro atoms. The van der Waals surface area contributed by atoms with Crippen LogP contribution < -0.4 is 0 Å². The summed E-state index contributed by atoms with van der Waals surface area (Å²) in [6.07, 6.45) is -0.915. The highest BCUT2D eigenvalue weighted by Crippen LogP contribution is 2.78. The van der Waals surface area contributed by atoms with Gasteiger partial charge in [-0.25, -0.2) is 4.79 Å². The van der Waals surface area contributed by atoms with Crippen molar-refractivity contribution in [3.05, 3.63) is 24.2 Å². The number of hydrogen-bond acceptors (Lipinski definition) is 12. The van der Waals surface area contributed by atoms with Gasteiger partial charge >= 0.3 is 23.9 Å². The Morgan fingerprint density at radius 3 is 2.33 bits per heavy atom. The molecule has 0 amide bonds. The van der Waals surface area contributed by atoms with Gasteiger partial charge in [0.1, 0.15) is 23.9 Å². The van der Waals surface area contributed by atoms with Crippen LogP contribution in [0.3, 0.4) is 0 Å². The van der Waals surface area contributed by atoms with Crippen LogP contribution in [0.25, 0.3) is 0 Å². The van der Waals surface area contributed by atoms with E-state index in [1.54, 1.807) is 40.7 Å². The number of carbonyl (C=O) groups is 5. The average molecular weight is 631 g/mol. The number of cyclic esters (lactones) is 1. The van der Waals surface area contributed by atoms with E-state index in [0.29, 0.717) is 18.4 Å². The number of hydrogen-bond donors (Lipinski definition) is 1. The Morgan fingerprint density at radius 1 is 1.07 bits per heavy atom. The highest BCUT2D eigenvalue weighted by molar-refractivity contribution is 5.99. The first-order valence-electron chi connectivity index (χ1n) is 15.6. The average Bonchev–Trinajstić information content (AvgIpc) is 3.45. The highest BCUT2D eigenvalue weighted by atomic mass is 16.6. The molecule has 11 atom stereocenters. The Hall–Kier alpha value is -3.25. The molecule has 12 heteroatoms. The van der Waals surface area contributed by atoms with Gasteiger partial charge in [-0.15, -0.1) is 0 Å². The van der Waals surface area contributed by atoms with Crippen molar-refractivity contribution in [3.8, 4) is 0 Å². The molecule has 5 aliphatic rings. The van der Waals surface area contributed by atoms with Crippen LogP contribution in [-0.2, 0) is 47.7 Å². The number of ether oxygens (including phenoxy) is 5. The second kappa shape index (κ2) is 9.87. The normalized spacial score (nSPS) is 43.2. The van der Waals surface area contributed by atoms with Gasteiger partial charge in [-0.2, -0.15) is 0 Å². The Labute approximate surface area is 261 Å². The smallest absolute Gasteiger partial charge is 0.347 e. The van der Waals surface area contributed by atoms with Gasteiger partial charge in [-0.1, -0.05) is 41.5 Å². The maximum absolute atomic E-state index is 14.9. The fourth-order valence-electron chi connectivity index (χ4n) is 10.1. The third kappa shape index (κ3) is 3.93. The van der Waals surface area contributed by atoms with Gasteiger partial charge in [-0.3, -0.25) is 19.2 Å². The molecule has 0 unspecified atom stereocenters. The fourth-order valence-corrected chi connectivity index (χ4v) is 10.1. The molecule has 1 aromatic heterocycles. The molecule has 2 aliphatic heterocycles. The summed E-state index contributed by atoms with van der Waals surface area (Å²) in [5.41, 5.74) is -6.43. The topological polar surface area (TPSA) is 168 Å². The minimum atomic E-state index is -2.34. The van der Waals surface area contributed by atoms with Crippen LogP contribution in [0.1, 0.15) is 79.4 Å². The molecule has 5 fully saturated rings. The van der Waals surface area contributed by atoms with Crippen molar-refractivity contribution in [2.45, 2.75) is 103 Å². The lowest BCUT2D eigenvalue weighted by atomic mass is 9.36. The first kappa shape index (κ1) is 31.7. The van der Waals surface area contributed by atoms with E-state index in [2.05, 4.69) is 0 Å². The number of rotatable bonds is 6. The first-order chi connectivity index (χ1) is 20.9. The number of fused-ring (bicyclic) bond motifs is 5. The Morgan fingerprint density at radius 2 is 1.76 bits per heavy atom. The summed E-state index contributed by atoms with van der Waals surface area (Å²) >= 11 is 0. The van der Waals surface area contributed by atoms with Crippen LogP contribution >= 0.6 is 0 Å². The molecule has 1 N–H and O–H groups in total. The van der Waals surface area contributed by atoms with E-state index in [9.17, 15) is 29.1 Å². The van der Waals surface area contributed by atoms with Gasteiger partial charge in [0.15, 0.2) is 11.4 Å². The van der Waals surface area contributed by atoms with Crippen molar-refractivity contribution in [3.63, 3.8) is 0 Å². The minimum absolute atomic E-state index is 0.0346. The quantitative estimate of drug-likeness (QED) is 0.277. The molecule has 3 saturated carbocycles. The lowest BCUT2D eigenvalue weighted by Crippen LogP contribution is -2.81. The predicted molar refractivity (Wildman–Crippen MR) is 152 cm³/mol. The lowest BCUT2D eigenvalue weighted by molar-refractivity contribution is -0.263. The lowest BCUT2D eigenvalue weighted by Gasteiger charge is -2.67. The number of epoxide rings is 1. The second-order valence-corrected chi connectivity index (χ2v) is 14.9. The zero-order chi connectivity index (χ0) is 33.1. The van der Waals surface area contributed by atoms with E-state index in [-0.39, 0.29) is 6.42 Å². The van der Waals surface area contributed by atoms with Gasteiger partial charge < -0.3 is 33.2 Å². The molecular formula is C33H42O12. The number of carbonyl (C=O) groups excluding carboxylic acids is 5. The largest absolute Gasteiger partial charge is 0.472 e. The molecule has 3 aliphatic carbocycles. The number of methoxy groups -OCH3 is 1. The van der Waals surface area contributed by atoms with Crippen molar-refractivity contribution < 1.29 is 57.2 Å². The summed E-state index contributed by atoms with van der Waals surface area (Å²) in [4.78, 5) is 67.3. The van der Waals surface area contributed by atoms with Gasteiger partial charge in [0.2, 0.25) is 6.10 Å². The van der Waals surface area contributed by atoms with Crippen LogP contribution in [0.15, 0.2) is 23.0 Å². The van der Waals surface area contributed by atoms with Gasteiger partial charge in [0, 0.05) is 46.5 Å². The van der Waals surface area contributed by atoms with E-state index in [1.807, 2.05) is 6.92 Å². The highest BCUT2D eigenvalue weighted by Gasteiger charge is 2.91. The predicted octanol–water partition coefficient (Wildman–Crippen LogP) is 3.09. The molecule has 45 heavy (non-hydrogen) atoms. The molecule has 6 rings (SSSR count). The van der Waals surface area contributed by atoms with Crippen LogP contribution in [-0.4, -0.2) is 71.4 Å². The monoisotopic (exact) mass is 630 g/mol. The summed E-state index contributed by atoms with van der Waals surface area (Å²) in [5, 5.41) is 12.8. The van der Waals surface area contributed by atoms with E-state index in [0.717, 1.165) is 14.0 Å². The number of esters is 4. The summed E-state index contributed by atoms with van der Waals surface area (Å²) in [5.74, 6) is -6.28. The maximum Gasteiger partial charge on any atom is 0.347 e. The molecule has 12 nitrogen and oxygen atoms in total. The first-order valence-corrected chi connectivity index (χ1v) is 15.6. The zero-order valence-electron chi connectivity index (χ0n) is 26.9. The van der Waals surface area contributed by atoms with Gasteiger partial charge in [0.05, 0.1) is 32.0 Å². The number of ketones is 1.